The lowest BCUT2D eigenvalue weighted by Crippen LogP contribution is -2.14. The van der Waals surface area contributed by atoms with Gasteiger partial charge >= 0.3 is 0 Å². The maximum Gasteiger partial charge on any atom is 0.224 e. The minimum Gasteiger partial charge on any atom is -0.494 e. The molecular formula is C13H13FN2O2S. The van der Waals surface area contributed by atoms with Crippen molar-refractivity contribution in [1.29, 1.82) is 0 Å². The van der Waals surface area contributed by atoms with E-state index >= 15 is 0 Å². The average Bonchev–Trinajstić information content (AvgIpc) is 2.92. The molecule has 0 saturated heterocycles. The van der Waals surface area contributed by atoms with Gasteiger partial charge in [0.1, 0.15) is 11.4 Å². The molecular weight excluding hydrogens is 267 g/mol. The number of nitrogens with one attached hydrogen (secondary N) is 1. The Morgan fingerprint density at radius 2 is 2.37 bits per heavy atom. The number of carbonyl (C=O) groups is 1. The van der Waals surface area contributed by atoms with Crippen LogP contribution in [-0.4, -0.2) is 18.0 Å². The van der Waals surface area contributed by atoms with Gasteiger partial charge < -0.3 is 10.1 Å². The topological polar surface area (TPSA) is 51.2 Å². The largest absolute Gasteiger partial charge is 0.494 e. The van der Waals surface area contributed by atoms with Gasteiger partial charge in [-0.05, 0) is 18.6 Å². The van der Waals surface area contributed by atoms with Gasteiger partial charge in [-0.15, -0.1) is 11.3 Å². The standard InChI is InChI=1S/C13H13FN2O2S/c1-18-11-4-2-3-10(14)13(11)16-12(17)6-5-9-7-19-8-15-9/h2-4,7-8H,5-6H2,1H3,(H,16,17). The van der Waals surface area contributed by atoms with Crippen molar-refractivity contribution >= 4 is 22.9 Å². The summed E-state index contributed by atoms with van der Waals surface area (Å²) in [4.78, 5) is 15.9. The Balaban J connectivity index is 1.99. The van der Waals surface area contributed by atoms with Gasteiger partial charge in [-0.3, -0.25) is 4.79 Å². The summed E-state index contributed by atoms with van der Waals surface area (Å²) >= 11 is 1.48. The summed E-state index contributed by atoms with van der Waals surface area (Å²) in [6, 6.07) is 4.40. The molecule has 100 valence electrons. The van der Waals surface area contributed by atoms with E-state index in [4.69, 9.17) is 4.74 Å². The number of benzene rings is 1. The second-order valence-corrected chi connectivity index (χ2v) is 4.56. The first-order chi connectivity index (χ1) is 9.20. The quantitative estimate of drug-likeness (QED) is 0.916. The maximum absolute atomic E-state index is 13.6. The highest BCUT2D eigenvalue weighted by Gasteiger charge is 2.12. The zero-order valence-electron chi connectivity index (χ0n) is 10.4. The molecule has 2 aromatic rings. The van der Waals surface area contributed by atoms with Gasteiger partial charge in [-0.2, -0.15) is 0 Å². The number of amides is 1. The number of thiazole rings is 1. The van der Waals surface area contributed by atoms with E-state index in [1.54, 1.807) is 11.6 Å². The van der Waals surface area contributed by atoms with Crippen LogP contribution in [0.2, 0.25) is 0 Å². The number of nitrogens with zero attached hydrogens (tertiary/aromatic N) is 1. The number of hydrogen-bond acceptors (Lipinski definition) is 4. The Labute approximate surface area is 114 Å². The Morgan fingerprint density at radius 1 is 1.53 bits per heavy atom. The van der Waals surface area contributed by atoms with Crippen LogP contribution in [0.15, 0.2) is 29.1 Å². The van der Waals surface area contributed by atoms with Crippen molar-refractivity contribution in [2.24, 2.45) is 0 Å². The predicted molar refractivity (Wildman–Crippen MR) is 72.0 cm³/mol. The van der Waals surface area contributed by atoms with Crippen molar-refractivity contribution < 1.29 is 13.9 Å². The van der Waals surface area contributed by atoms with E-state index in [0.717, 1.165) is 5.69 Å². The zero-order valence-corrected chi connectivity index (χ0v) is 11.2. The van der Waals surface area contributed by atoms with Crippen LogP contribution in [0.5, 0.6) is 5.75 Å². The normalized spacial score (nSPS) is 10.2. The second kappa shape index (κ2) is 6.29. The van der Waals surface area contributed by atoms with Crippen LogP contribution in [0.1, 0.15) is 12.1 Å². The average molecular weight is 280 g/mol. The third kappa shape index (κ3) is 3.51. The van der Waals surface area contributed by atoms with Crippen molar-refractivity contribution in [2.75, 3.05) is 12.4 Å². The lowest BCUT2D eigenvalue weighted by Gasteiger charge is -2.10. The third-order valence-corrected chi connectivity index (χ3v) is 3.19. The third-order valence-electron chi connectivity index (χ3n) is 2.55. The molecule has 0 aliphatic carbocycles. The molecule has 1 N–H and O–H groups in total. The van der Waals surface area contributed by atoms with Gasteiger partial charge in [0.25, 0.3) is 0 Å². The molecule has 0 aliphatic rings. The van der Waals surface area contributed by atoms with Crippen molar-refractivity contribution in [3.63, 3.8) is 0 Å². The summed E-state index contributed by atoms with van der Waals surface area (Å²) in [7, 11) is 1.43. The first kappa shape index (κ1) is 13.5. The van der Waals surface area contributed by atoms with E-state index in [9.17, 15) is 9.18 Å². The van der Waals surface area contributed by atoms with Gasteiger partial charge in [0.05, 0.1) is 18.3 Å². The molecule has 1 heterocycles. The number of para-hydroxylation sites is 1. The maximum atomic E-state index is 13.6. The van der Waals surface area contributed by atoms with E-state index in [0.29, 0.717) is 12.2 Å². The van der Waals surface area contributed by atoms with E-state index < -0.39 is 5.82 Å². The molecule has 0 radical (unpaired) electrons. The van der Waals surface area contributed by atoms with Crippen molar-refractivity contribution in [3.05, 3.63) is 40.6 Å². The minimum atomic E-state index is -0.513. The van der Waals surface area contributed by atoms with Crippen LogP contribution in [0.25, 0.3) is 0 Å². The lowest BCUT2D eigenvalue weighted by atomic mass is 10.2. The fraction of sp³-hybridized carbons (Fsp3) is 0.231. The highest BCUT2D eigenvalue weighted by Crippen LogP contribution is 2.27. The SMILES string of the molecule is COc1cccc(F)c1NC(=O)CCc1cscn1. The Bertz CT molecular complexity index is 558. The monoisotopic (exact) mass is 280 g/mol. The molecule has 19 heavy (non-hydrogen) atoms. The number of aromatic nitrogens is 1. The molecule has 0 fully saturated rings. The highest BCUT2D eigenvalue weighted by atomic mass is 32.1. The molecule has 0 saturated carbocycles. The van der Waals surface area contributed by atoms with Gasteiger partial charge in [-0.25, -0.2) is 9.37 Å². The van der Waals surface area contributed by atoms with Gasteiger partial charge in [0.15, 0.2) is 5.82 Å². The highest BCUT2D eigenvalue weighted by molar-refractivity contribution is 7.07. The van der Waals surface area contributed by atoms with Crippen LogP contribution < -0.4 is 10.1 Å². The number of rotatable bonds is 5. The van der Waals surface area contributed by atoms with Crippen LogP contribution in [-0.2, 0) is 11.2 Å². The van der Waals surface area contributed by atoms with E-state index in [1.165, 1.54) is 30.6 Å². The van der Waals surface area contributed by atoms with Crippen LogP contribution >= 0.6 is 11.3 Å². The fourth-order valence-corrected chi connectivity index (χ4v) is 2.19. The first-order valence-electron chi connectivity index (χ1n) is 5.70. The van der Waals surface area contributed by atoms with E-state index in [1.807, 2.05) is 5.38 Å². The summed E-state index contributed by atoms with van der Waals surface area (Å²) in [5, 5.41) is 4.41. The van der Waals surface area contributed by atoms with Crippen molar-refractivity contribution in [3.8, 4) is 5.75 Å². The Morgan fingerprint density at radius 3 is 3.05 bits per heavy atom. The fourth-order valence-electron chi connectivity index (χ4n) is 1.60. The van der Waals surface area contributed by atoms with Gasteiger partial charge in [-0.1, -0.05) is 6.07 Å². The summed E-state index contributed by atoms with van der Waals surface area (Å²) in [5.74, 6) is -0.472. The zero-order chi connectivity index (χ0) is 13.7. The molecule has 4 nitrogen and oxygen atoms in total. The van der Waals surface area contributed by atoms with Crippen LogP contribution in [0.4, 0.5) is 10.1 Å². The molecule has 0 bridgehead atoms. The van der Waals surface area contributed by atoms with E-state index in [2.05, 4.69) is 10.3 Å². The predicted octanol–water partition coefficient (Wildman–Crippen LogP) is 2.86. The molecule has 2 rings (SSSR count). The summed E-state index contributed by atoms with van der Waals surface area (Å²) < 4.78 is 18.6. The number of ether oxygens (including phenoxy) is 1. The van der Waals surface area contributed by atoms with Crippen molar-refractivity contribution in [2.45, 2.75) is 12.8 Å². The summed E-state index contributed by atoms with van der Waals surface area (Å²) in [5.41, 5.74) is 2.65. The van der Waals surface area contributed by atoms with Crippen LogP contribution in [0, 0.1) is 5.82 Å². The molecule has 0 aliphatic heterocycles. The number of anilines is 1. The molecule has 1 aromatic carbocycles. The Kier molecular flexibility index (Phi) is 4.46. The second-order valence-electron chi connectivity index (χ2n) is 3.85. The molecule has 1 amide bonds. The van der Waals surface area contributed by atoms with Gasteiger partial charge in [0.2, 0.25) is 5.91 Å². The molecule has 6 heteroatoms. The summed E-state index contributed by atoms with van der Waals surface area (Å²) in [6.07, 6.45) is 0.785. The molecule has 0 atom stereocenters. The number of methoxy groups -OCH3 is 1. The van der Waals surface area contributed by atoms with Crippen molar-refractivity contribution in [1.82, 2.24) is 4.98 Å². The smallest absolute Gasteiger partial charge is 0.224 e. The molecule has 0 spiro atoms. The number of hydrogen-bond donors (Lipinski definition) is 1. The number of aryl methyl sites for hydroxylation is 1. The lowest BCUT2D eigenvalue weighted by molar-refractivity contribution is -0.116. The molecule has 0 unspecified atom stereocenters. The van der Waals surface area contributed by atoms with Crippen LogP contribution in [0.3, 0.4) is 0 Å². The minimum absolute atomic E-state index is 0.0771. The summed E-state index contributed by atoms with van der Waals surface area (Å²) in [6.45, 7) is 0. The number of carbonyl (C=O) groups excluding carboxylic acids is 1. The molecule has 1 aromatic heterocycles. The Hall–Kier alpha value is -1.95. The number of halogens is 1. The first-order valence-corrected chi connectivity index (χ1v) is 6.64. The van der Waals surface area contributed by atoms with Gasteiger partial charge in [0, 0.05) is 11.8 Å². The van der Waals surface area contributed by atoms with E-state index in [-0.39, 0.29) is 18.0 Å².